The topological polar surface area (TPSA) is 95.0 Å². The summed E-state index contributed by atoms with van der Waals surface area (Å²) in [4.78, 5) is 8.85. The lowest BCUT2D eigenvalue weighted by Crippen LogP contribution is -1.88. The van der Waals surface area contributed by atoms with E-state index in [4.69, 9.17) is 0 Å². The van der Waals surface area contributed by atoms with E-state index in [9.17, 15) is 10.1 Å². The maximum absolute atomic E-state index is 9.64. The standard InChI is InChI=1S/CN4O3/c6-5(7)1-2-4-8-3-1. The van der Waals surface area contributed by atoms with Gasteiger partial charge in [0.15, 0.2) is 10.4 Å². The summed E-state index contributed by atoms with van der Waals surface area (Å²) in [6.45, 7) is 0. The summed E-state index contributed by atoms with van der Waals surface area (Å²) in [5.74, 6) is -0.620. The minimum atomic E-state index is -0.795. The second kappa shape index (κ2) is 1.52. The maximum atomic E-state index is 9.64. The highest BCUT2D eigenvalue weighted by Gasteiger charge is 2.11. The zero-order valence-electron chi connectivity index (χ0n) is 3.51. The zero-order valence-corrected chi connectivity index (χ0v) is 3.51. The molecule has 0 unspecified atom stereocenters. The first kappa shape index (κ1) is 4.62. The minimum absolute atomic E-state index is 0.620. The third-order valence-corrected chi connectivity index (χ3v) is 0.453. The summed E-state index contributed by atoms with van der Waals surface area (Å²) in [5, 5.41) is 18.1. The fraction of sp³-hybridized carbons (Fsp3) is 0. The van der Waals surface area contributed by atoms with Gasteiger partial charge < -0.3 is 10.1 Å². The van der Waals surface area contributed by atoms with Crippen LogP contribution in [0.5, 0.6) is 0 Å². The van der Waals surface area contributed by atoms with Crippen LogP contribution in [0.1, 0.15) is 0 Å². The van der Waals surface area contributed by atoms with E-state index < -0.39 is 10.9 Å². The van der Waals surface area contributed by atoms with E-state index in [1.54, 1.807) is 0 Å². The summed E-state index contributed by atoms with van der Waals surface area (Å²) >= 11 is 0. The third-order valence-electron chi connectivity index (χ3n) is 0.453. The fourth-order valence-electron chi connectivity index (χ4n) is 0.198. The number of hydrogen-bond donors (Lipinski definition) is 0. The van der Waals surface area contributed by atoms with Crippen LogP contribution < -0.4 is 0 Å². The van der Waals surface area contributed by atoms with Crippen molar-refractivity contribution < 1.29 is 9.55 Å². The second-order valence-corrected chi connectivity index (χ2v) is 0.912. The van der Waals surface area contributed by atoms with E-state index in [0.717, 1.165) is 0 Å². The van der Waals surface area contributed by atoms with Gasteiger partial charge in [-0.05, 0) is 4.92 Å². The molecule has 1 rings (SSSR count). The Morgan fingerprint density at radius 1 is 1.75 bits per heavy atom. The van der Waals surface area contributed by atoms with Crippen molar-refractivity contribution in [3.63, 3.8) is 0 Å². The largest absolute Gasteiger partial charge is 0.534 e. The molecule has 0 saturated carbocycles. The number of aromatic nitrogens is 3. The van der Waals surface area contributed by atoms with Crippen LogP contribution in [-0.2, 0) is 0 Å². The lowest BCUT2D eigenvalue weighted by molar-refractivity contribution is -0.395. The number of nitro groups is 1. The lowest BCUT2D eigenvalue weighted by atomic mass is 11.1. The maximum Gasteiger partial charge on any atom is 0.534 e. The van der Waals surface area contributed by atoms with E-state index in [1.807, 2.05) is 0 Å². The van der Waals surface area contributed by atoms with Crippen LogP contribution in [0.3, 0.4) is 0 Å². The van der Waals surface area contributed by atoms with Crippen molar-refractivity contribution in [1.29, 1.82) is 0 Å². The summed E-state index contributed by atoms with van der Waals surface area (Å²) < 4.78 is 3.82. The molecule has 1 aromatic heterocycles. The van der Waals surface area contributed by atoms with Crippen molar-refractivity contribution >= 4 is 5.95 Å². The quantitative estimate of drug-likeness (QED) is 0.358. The zero-order chi connectivity index (χ0) is 5.98. The molecule has 1 aromatic rings. The molecule has 0 amide bonds. The highest BCUT2D eigenvalue weighted by molar-refractivity contribution is 4.90. The van der Waals surface area contributed by atoms with Crippen LogP contribution in [0.4, 0.5) is 5.95 Å². The van der Waals surface area contributed by atoms with Crippen molar-refractivity contribution in [2.24, 2.45) is 0 Å². The Morgan fingerprint density at radius 3 is 2.75 bits per heavy atom. The van der Waals surface area contributed by atoms with Crippen molar-refractivity contribution in [3.05, 3.63) is 10.1 Å². The Morgan fingerprint density at radius 2 is 2.50 bits per heavy atom. The molecule has 0 atom stereocenters. The van der Waals surface area contributed by atoms with Crippen LogP contribution in [-0.4, -0.2) is 20.5 Å². The van der Waals surface area contributed by atoms with Gasteiger partial charge in [0.2, 0.25) is 0 Å². The molecule has 0 spiro atoms. The van der Waals surface area contributed by atoms with Gasteiger partial charge in [0.25, 0.3) is 0 Å². The predicted molar refractivity (Wildman–Crippen MR) is 18.7 cm³/mol. The molecule has 0 aromatic carbocycles. The molecule has 0 N–H and O–H groups in total. The summed E-state index contributed by atoms with van der Waals surface area (Å²) in [6, 6.07) is 0. The molecule has 0 aliphatic heterocycles. The Balaban J connectivity index is 2.93. The van der Waals surface area contributed by atoms with E-state index >= 15 is 0 Å². The van der Waals surface area contributed by atoms with E-state index in [2.05, 4.69) is 20.2 Å². The van der Waals surface area contributed by atoms with Crippen LogP contribution in [0.15, 0.2) is 4.63 Å². The van der Waals surface area contributed by atoms with Crippen LogP contribution in [0.2, 0.25) is 0 Å². The molecule has 0 fully saturated rings. The van der Waals surface area contributed by atoms with Gasteiger partial charge in [-0.15, -0.1) is 4.63 Å². The molecule has 42 valence electrons. The summed E-state index contributed by atoms with van der Waals surface area (Å²) in [7, 11) is 0. The van der Waals surface area contributed by atoms with Gasteiger partial charge in [-0.25, -0.2) is 0 Å². The first-order valence-corrected chi connectivity index (χ1v) is 1.60. The molecule has 0 radical (unpaired) electrons. The molecular formula is CN4O3. The monoisotopic (exact) mass is 116 g/mol. The molecule has 0 aliphatic rings. The minimum Gasteiger partial charge on any atom is -0.390 e. The Bertz CT molecular complexity index is 179. The molecule has 8 heavy (non-hydrogen) atoms. The van der Waals surface area contributed by atoms with E-state index in [0.29, 0.717) is 0 Å². The Hall–Kier alpha value is -1.53. The Kier molecular flexibility index (Phi) is 0.881. The highest BCUT2D eigenvalue weighted by Crippen LogP contribution is 1.93. The molecule has 0 aliphatic carbocycles. The summed E-state index contributed by atoms with van der Waals surface area (Å²) in [5.41, 5.74) is 0. The predicted octanol–water partition coefficient (Wildman–Crippen LogP) is -0.627. The molecule has 7 nitrogen and oxygen atoms in total. The number of nitrogens with zero attached hydrogens (tertiary/aromatic N) is 4. The van der Waals surface area contributed by atoms with Gasteiger partial charge in [-0.3, -0.25) is 0 Å². The summed E-state index contributed by atoms with van der Waals surface area (Å²) in [6.07, 6.45) is 0. The lowest BCUT2D eigenvalue weighted by Gasteiger charge is -1.78. The van der Waals surface area contributed by atoms with Crippen LogP contribution >= 0.6 is 0 Å². The van der Waals surface area contributed by atoms with E-state index in [-0.39, 0.29) is 0 Å². The molecule has 0 saturated heterocycles. The average molecular weight is 116 g/mol. The van der Waals surface area contributed by atoms with Crippen molar-refractivity contribution in [2.45, 2.75) is 0 Å². The number of hydrogen-bond acceptors (Lipinski definition) is 6. The van der Waals surface area contributed by atoms with Crippen molar-refractivity contribution in [2.75, 3.05) is 0 Å². The van der Waals surface area contributed by atoms with Gasteiger partial charge in [0, 0.05) is 0 Å². The van der Waals surface area contributed by atoms with Crippen molar-refractivity contribution in [1.82, 2.24) is 15.5 Å². The third kappa shape index (κ3) is 0.600. The number of rotatable bonds is 1. The van der Waals surface area contributed by atoms with Gasteiger partial charge in [0.1, 0.15) is 0 Å². The highest BCUT2D eigenvalue weighted by atomic mass is 16.6. The Labute approximate surface area is 42.4 Å². The molecular weight excluding hydrogens is 116 g/mol. The first-order chi connectivity index (χ1) is 3.80. The van der Waals surface area contributed by atoms with Gasteiger partial charge in [0.05, 0.1) is 5.10 Å². The second-order valence-electron chi connectivity index (χ2n) is 0.912. The molecule has 0 bridgehead atoms. The SMILES string of the molecule is O=[N+]([O-])c1nnon1. The first-order valence-electron chi connectivity index (χ1n) is 1.60. The molecule has 7 heteroatoms. The van der Waals surface area contributed by atoms with Gasteiger partial charge >= 0.3 is 5.95 Å². The van der Waals surface area contributed by atoms with E-state index in [1.165, 1.54) is 0 Å². The average Bonchev–Trinajstić information content (AvgIpc) is 2.12. The van der Waals surface area contributed by atoms with Crippen molar-refractivity contribution in [3.8, 4) is 0 Å². The normalized spacial score (nSPS) is 9.00. The van der Waals surface area contributed by atoms with Crippen LogP contribution in [0.25, 0.3) is 0 Å². The van der Waals surface area contributed by atoms with Gasteiger partial charge in [-0.2, -0.15) is 0 Å². The fourth-order valence-corrected chi connectivity index (χ4v) is 0.198. The van der Waals surface area contributed by atoms with Gasteiger partial charge in [-0.1, -0.05) is 0 Å². The molecule has 1 heterocycles. The van der Waals surface area contributed by atoms with Crippen LogP contribution in [0, 0.1) is 10.1 Å². The smallest absolute Gasteiger partial charge is 0.390 e.